The zero-order valence-electron chi connectivity index (χ0n) is 10.6. The molecule has 0 saturated heterocycles. The van der Waals surface area contributed by atoms with Crippen molar-refractivity contribution in [1.29, 1.82) is 0 Å². The maximum Gasteiger partial charge on any atom is 0.389 e. The Morgan fingerprint density at radius 2 is 1.95 bits per heavy atom. The number of alkyl halides is 3. The van der Waals surface area contributed by atoms with E-state index in [2.05, 4.69) is 0 Å². The lowest BCUT2D eigenvalue weighted by Gasteiger charge is -2.10. The molecule has 0 radical (unpaired) electrons. The van der Waals surface area contributed by atoms with E-state index in [1.54, 1.807) is 0 Å². The Morgan fingerprint density at radius 1 is 1.33 bits per heavy atom. The standard InChI is InChI=1S/C10H12F3N3O4S/c11-10(12,13)4-1-5-15-21(19,20)9-3-2-7(16(17)18)6-8(9)14/h2-3,6,15H,1,4-5,14H2. The molecule has 0 bridgehead atoms. The molecule has 21 heavy (non-hydrogen) atoms. The number of hydrogen-bond acceptors (Lipinski definition) is 5. The van der Waals surface area contributed by atoms with Crippen molar-refractivity contribution >= 4 is 21.4 Å². The monoisotopic (exact) mass is 327 g/mol. The molecule has 11 heteroatoms. The van der Waals surface area contributed by atoms with Crippen LogP contribution >= 0.6 is 0 Å². The summed E-state index contributed by atoms with van der Waals surface area (Å²) in [5, 5.41) is 10.5. The zero-order valence-corrected chi connectivity index (χ0v) is 11.4. The number of nitrogens with one attached hydrogen (secondary N) is 1. The first-order valence-corrected chi connectivity index (χ1v) is 7.11. The molecule has 0 fully saturated rings. The summed E-state index contributed by atoms with van der Waals surface area (Å²) in [5.41, 5.74) is 4.68. The van der Waals surface area contributed by atoms with Gasteiger partial charge in [0.2, 0.25) is 10.0 Å². The van der Waals surface area contributed by atoms with Crippen LogP contribution in [-0.2, 0) is 10.0 Å². The molecule has 0 amide bonds. The third-order valence-corrected chi connectivity index (χ3v) is 3.96. The summed E-state index contributed by atoms with van der Waals surface area (Å²) < 4.78 is 61.4. The lowest BCUT2D eigenvalue weighted by Crippen LogP contribution is -2.26. The van der Waals surface area contributed by atoms with Crippen LogP contribution in [0, 0.1) is 10.1 Å². The number of nitrogens with zero attached hydrogens (tertiary/aromatic N) is 1. The molecule has 0 aliphatic carbocycles. The second-order valence-electron chi connectivity index (χ2n) is 4.10. The second kappa shape index (κ2) is 6.26. The summed E-state index contributed by atoms with van der Waals surface area (Å²) in [6, 6.07) is 2.74. The van der Waals surface area contributed by atoms with Gasteiger partial charge in [0.1, 0.15) is 4.90 Å². The van der Waals surface area contributed by atoms with Gasteiger partial charge in [-0.2, -0.15) is 13.2 Å². The molecule has 0 aliphatic rings. The SMILES string of the molecule is Nc1cc([N+](=O)[O-])ccc1S(=O)(=O)NCCCC(F)(F)F. The first-order chi connectivity index (χ1) is 9.53. The molecule has 1 aromatic carbocycles. The highest BCUT2D eigenvalue weighted by Crippen LogP contribution is 2.24. The normalized spacial score (nSPS) is 12.3. The Morgan fingerprint density at radius 3 is 2.43 bits per heavy atom. The van der Waals surface area contributed by atoms with Crippen molar-refractivity contribution < 1.29 is 26.5 Å². The van der Waals surface area contributed by atoms with Crippen LogP contribution in [0.2, 0.25) is 0 Å². The van der Waals surface area contributed by atoms with E-state index in [0.29, 0.717) is 0 Å². The number of anilines is 1. The number of nitro benzene ring substituents is 1. The summed E-state index contributed by atoms with van der Waals surface area (Å²) in [5.74, 6) is 0. The Hall–Kier alpha value is -1.88. The van der Waals surface area contributed by atoms with E-state index < -0.39 is 45.4 Å². The van der Waals surface area contributed by atoms with Gasteiger partial charge in [-0.3, -0.25) is 10.1 Å². The summed E-state index contributed by atoms with van der Waals surface area (Å²) in [6.45, 7) is -0.418. The van der Waals surface area contributed by atoms with Crippen molar-refractivity contribution in [2.24, 2.45) is 0 Å². The number of non-ortho nitro benzene ring substituents is 1. The molecule has 118 valence electrons. The lowest BCUT2D eigenvalue weighted by atomic mass is 10.3. The molecule has 0 unspecified atom stereocenters. The minimum atomic E-state index is -4.36. The zero-order chi connectivity index (χ0) is 16.3. The molecule has 0 heterocycles. The summed E-state index contributed by atoms with van der Waals surface area (Å²) in [4.78, 5) is 9.33. The smallest absolute Gasteiger partial charge is 0.389 e. The van der Waals surface area contributed by atoms with Crippen LogP contribution in [-0.4, -0.2) is 26.1 Å². The highest BCUT2D eigenvalue weighted by Gasteiger charge is 2.26. The third kappa shape index (κ3) is 5.19. The molecule has 0 aliphatic heterocycles. The predicted molar refractivity (Wildman–Crippen MR) is 68.0 cm³/mol. The Balaban J connectivity index is 2.77. The van der Waals surface area contributed by atoms with Crippen LogP contribution in [0.15, 0.2) is 23.1 Å². The summed E-state index contributed by atoms with van der Waals surface area (Å²) in [7, 11) is -4.12. The van der Waals surface area contributed by atoms with E-state index in [9.17, 15) is 31.7 Å². The quantitative estimate of drug-likeness (QED) is 0.358. The highest BCUT2D eigenvalue weighted by atomic mass is 32.2. The molecule has 1 aromatic rings. The largest absolute Gasteiger partial charge is 0.397 e. The van der Waals surface area contributed by atoms with Crippen LogP contribution in [0.5, 0.6) is 0 Å². The van der Waals surface area contributed by atoms with Gasteiger partial charge in [0, 0.05) is 25.1 Å². The van der Waals surface area contributed by atoms with Gasteiger partial charge >= 0.3 is 6.18 Å². The fourth-order valence-corrected chi connectivity index (χ4v) is 2.65. The van der Waals surface area contributed by atoms with Gasteiger partial charge < -0.3 is 5.73 Å². The molecule has 1 rings (SSSR count). The van der Waals surface area contributed by atoms with Crippen molar-refractivity contribution in [3.8, 4) is 0 Å². The molecule has 0 spiro atoms. The van der Waals surface area contributed by atoms with Crippen molar-refractivity contribution in [2.45, 2.75) is 23.9 Å². The van der Waals surface area contributed by atoms with Gasteiger partial charge in [-0.25, -0.2) is 13.1 Å². The van der Waals surface area contributed by atoms with Crippen molar-refractivity contribution in [2.75, 3.05) is 12.3 Å². The number of benzene rings is 1. The van der Waals surface area contributed by atoms with E-state index in [1.807, 2.05) is 4.72 Å². The number of rotatable bonds is 6. The van der Waals surface area contributed by atoms with Gasteiger partial charge in [0.15, 0.2) is 0 Å². The molecular weight excluding hydrogens is 315 g/mol. The topological polar surface area (TPSA) is 115 Å². The molecule has 0 aromatic heterocycles. The number of nitrogens with two attached hydrogens (primary N) is 1. The highest BCUT2D eigenvalue weighted by molar-refractivity contribution is 7.89. The predicted octanol–water partition coefficient (Wildman–Crippen LogP) is 1.80. The van der Waals surface area contributed by atoms with Crippen LogP contribution in [0.4, 0.5) is 24.5 Å². The van der Waals surface area contributed by atoms with Crippen LogP contribution in [0.3, 0.4) is 0 Å². The van der Waals surface area contributed by atoms with E-state index in [4.69, 9.17) is 5.73 Å². The number of halogens is 3. The van der Waals surface area contributed by atoms with E-state index in [-0.39, 0.29) is 11.4 Å². The van der Waals surface area contributed by atoms with Gasteiger partial charge in [-0.15, -0.1) is 0 Å². The Labute approximate surface area is 118 Å². The Kier molecular flexibility index (Phi) is 5.12. The maximum absolute atomic E-state index is 11.9. The van der Waals surface area contributed by atoms with Crippen LogP contribution in [0.25, 0.3) is 0 Å². The number of hydrogen-bond donors (Lipinski definition) is 2. The number of nitro groups is 1. The molecule has 0 saturated carbocycles. The van der Waals surface area contributed by atoms with Gasteiger partial charge in [0.05, 0.1) is 10.6 Å². The lowest BCUT2D eigenvalue weighted by molar-refractivity contribution is -0.384. The van der Waals surface area contributed by atoms with Crippen molar-refractivity contribution in [1.82, 2.24) is 4.72 Å². The fourth-order valence-electron chi connectivity index (χ4n) is 1.47. The Bertz CT molecular complexity index is 631. The fraction of sp³-hybridized carbons (Fsp3) is 0.400. The van der Waals surface area contributed by atoms with Gasteiger partial charge in [-0.05, 0) is 12.5 Å². The first kappa shape index (κ1) is 17.2. The van der Waals surface area contributed by atoms with Gasteiger partial charge in [-0.1, -0.05) is 0 Å². The second-order valence-corrected chi connectivity index (χ2v) is 5.83. The number of nitrogen functional groups attached to an aromatic ring is 1. The van der Waals surface area contributed by atoms with E-state index in [0.717, 1.165) is 18.2 Å². The maximum atomic E-state index is 11.9. The van der Waals surface area contributed by atoms with E-state index in [1.165, 1.54) is 0 Å². The van der Waals surface area contributed by atoms with Crippen LogP contribution in [0.1, 0.15) is 12.8 Å². The number of sulfonamides is 1. The van der Waals surface area contributed by atoms with Gasteiger partial charge in [0.25, 0.3) is 5.69 Å². The molecule has 0 atom stereocenters. The summed E-state index contributed by atoms with van der Waals surface area (Å²) >= 11 is 0. The first-order valence-electron chi connectivity index (χ1n) is 5.63. The minimum absolute atomic E-state index is 0.354. The third-order valence-electron chi connectivity index (χ3n) is 2.42. The van der Waals surface area contributed by atoms with E-state index >= 15 is 0 Å². The molecular formula is C10H12F3N3O4S. The molecule has 7 nitrogen and oxygen atoms in total. The average molecular weight is 327 g/mol. The van der Waals surface area contributed by atoms with Crippen molar-refractivity contribution in [3.05, 3.63) is 28.3 Å². The average Bonchev–Trinajstić information content (AvgIpc) is 2.33. The summed E-state index contributed by atoms with van der Waals surface area (Å²) in [6.07, 6.45) is -5.90. The minimum Gasteiger partial charge on any atom is -0.397 e. The molecule has 3 N–H and O–H groups in total. The van der Waals surface area contributed by atoms with Crippen molar-refractivity contribution in [3.63, 3.8) is 0 Å². The van der Waals surface area contributed by atoms with Crippen LogP contribution < -0.4 is 10.5 Å².